The Morgan fingerprint density at radius 3 is 2.28 bits per heavy atom. The Labute approximate surface area is 149 Å². The number of amides is 1. The van der Waals surface area contributed by atoms with Crippen molar-refractivity contribution >= 4 is 5.91 Å². The zero-order valence-electron chi connectivity index (χ0n) is 15.3. The fourth-order valence-corrected chi connectivity index (χ4v) is 3.04. The number of carbonyl (C=O) groups is 1. The molecule has 0 radical (unpaired) electrons. The molecule has 0 unspecified atom stereocenters. The first-order valence-corrected chi connectivity index (χ1v) is 8.62. The lowest BCUT2D eigenvalue weighted by atomic mass is 10.0. The van der Waals surface area contributed by atoms with Gasteiger partial charge in [0, 0.05) is 24.2 Å². The molecule has 0 saturated heterocycles. The van der Waals surface area contributed by atoms with Crippen LogP contribution in [0.3, 0.4) is 0 Å². The summed E-state index contributed by atoms with van der Waals surface area (Å²) >= 11 is 0. The lowest BCUT2D eigenvalue weighted by molar-refractivity contribution is 0.0728. The van der Waals surface area contributed by atoms with Gasteiger partial charge in [-0.15, -0.1) is 0 Å². The van der Waals surface area contributed by atoms with E-state index in [1.807, 2.05) is 55.1 Å². The van der Waals surface area contributed by atoms with Crippen molar-refractivity contribution in [2.45, 2.75) is 39.3 Å². The van der Waals surface area contributed by atoms with Crippen LogP contribution in [-0.4, -0.2) is 31.1 Å². The number of methoxy groups -OCH3 is 2. The maximum Gasteiger partial charge on any atom is 0.254 e. The van der Waals surface area contributed by atoms with Crippen molar-refractivity contribution in [2.75, 3.05) is 14.2 Å². The van der Waals surface area contributed by atoms with Crippen LogP contribution in [0.2, 0.25) is 0 Å². The molecule has 1 saturated carbocycles. The molecule has 0 N–H and O–H groups in total. The van der Waals surface area contributed by atoms with Crippen LogP contribution in [0, 0.1) is 13.8 Å². The highest BCUT2D eigenvalue weighted by molar-refractivity contribution is 5.96. The van der Waals surface area contributed by atoms with E-state index in [1.54, 1.807) is 14.2 Å². The van der Waals surface area contributed by atoms with E-state index in [4.69, 9.17) is 9.47 Å². The molecular weight excluding hydrogens is 314 g/mol. The fourth-order valence-electron chi connectivity index (χ4n) is 3.04. The third-order valence-electron chi connectivity index (χ3n) is 4.85. The van der Waals surface area contributed by atoms with E-state index in [2.05, 4.69) is 0 Å². The molecule has 0 atom stereocenters. The Bertz CT molecular complexity index is 758. The van der Waals surface area contributed by atoms with E-state index in [9.17, 15) is 4.79 Å². The number of benzene rings is 2. The van der Waals surface area contributed by atoms with Crippen LogP contribution in [0.5, 0.6) is 11.5 Å². The molecule has 0 heterocycles. The molecule has 3 rings (SSSR count). The van der Waals surface area contributed by atoms with Crippen LogP contribution in [0.25, 0.3) is 0 Å². The molecule has 4 heteroatoms. The SMILES string of the molecule is COc1cc(CN(C(=O)c2cccc(C)c2C)C2CC2)cc(OC)c1. The van der Waals surface area contributed by atoms with Gasteiger partial charge in [-0.2, -0.15) is 0 Å². The Morgan fingerprint density at radius 1 is 1.08 bits per heavy atom. The number of hydrogen-bond donors (Lipinski definition) is 0. The smallest absolute Gasteiger partial charge is 0.254 e. The maximum atomic E-state index is 13.2. The van der Waals surface area contributed by atoms with Gasteiger partial charge in [0.05, 0.1) is 14.2 Å². The van der Waals surface area contributed by atoms with E-state index >= 15 is 0 Å². The quantitative estimate of drug-likeness (QED) is 0.794. The van der Waals surface area contributed by atoms with Crippen molar-refractivity contribution in [1.29, 1.82) is 0 Å². The summed E-state index contributed by atoms with van der Waals surface area (Å²) in [6.45, 7) is 4.62. The predicted molar refractivity (Wildman–Crippen MR) is 98.4 cm³/mol. The Balaban J connectivity index is 1.90. The highest BCUT2D eigenvalue weighted by atomic mass is 16.5. The van der Waals surface area contributed by atoms with Crippen LogP contribution in [0.4, 0.5) is 0 Å². The molecule has 0 bridgehead atoms. The number of ether oxygens (including phenoxy) is 2. The molecule has 25 heavy (non-hydrogen) atoms. The molecule has 1 aliphatic rings. The number of carbonyl (C=O) groups excluding carboxylic acids is 1. The molecule has 0 aromatic heterocycles. The molecule has 0 spiro atoms. The van der Waals surface area contributed by atoms with Gasteiger partial charge >= 0.3 is 0 Å². The van der Waals surface area contributed by atoms with E-state index < -0.39 is 0 Å². The molecule has 132 valence electrons. The number of hydrogen-bond acceptors (Lipinski definition) is 3. The molecule has 0 aliphatic heterocycles. The zero-order chi connectivity index (χ0) is 18.0. The van der Waals surface area contributed by atoms with Gasteiger partial charge in [-0.1, -0.05) is 12.1 Å². The van der Waals surface area contributed by atoms with Crippen LogP contribution >= 0.6 is 0 Å². The van der Waals surface area contributed by atoms with E-state index in [-0.39, 0.29) is 5.91 Å². The van der Waals surface area contributed by atoms with Crippen LogP contribution in [0.1, 0.15) is 39.9 Å². The highest BCUT2D eigenvalue weighted by Crippen LogP contribution is 2.32. The number of aryl methyl sites for hydroxylation is 1. The first-order chi connectivity index (χ1) is 12.0. The summed E-state index contributed by atoms with van der Waals surface area (Å²) in [6.07, 6.45) is 2.13. The molecule has 1 fully saturated rings. The third kappa shape index (κ3) is 3.78. The predicted octanol–water partition coefficient (Wildman–Crippen LogP) is 4.13. The molecule has 2 aromatic rings. The van der Waals surface area contributed by atoms with Gasteiger partial charge < -0.3 is 14.4 Å². The molecule has 4 nitrogen and oxygen atoms in total. The maximum absolute atomic E-state index is 13.2. The topological polar surface area (TPSA) is 38.8 Å². The second-order valence-electron chi connectivity index (χ2n) is 6.63. The number of nitrogens with zero attached hydrogens (tertiary/aromatic N) is 1. The van der Waals surface area contributed by atoms with Crippen LogP contribution < -0.4 is 9.47 Å². The van der Waals surface area contributed by atoms with Crippen molar-refractivity contribution in [3.8, 4) is 11.5 Å². The highest BCUT2D eigenvalue weighted by Gasteiger charge is 2.33. The summed E-state index contributed by atoms with van der Waals surface area (Å²) in [4.78, 5) is 15.2. The summed E-state index contributed by atoms with van der Waals surface area (Å²) in [5.74, 6) is 1.58. The Morgan fingerprint density at radius 2 is 1.72 bits per heavy atom. The lowest BCUT2D eigenvalue weighted by Gasteiger charge is -2.24. The van der Waals surface area contributed by atoms with Gasteiger partial charge in [0.15, 0.2) is 0 Å². The minimum atomic E-state index is 0.102. The van der Waals surface area contributed by atoms with Gasteiger partial charge in [-0.25, -0.2) is 0 Å². The van der Waals surface area contributed by atoms with Crippen molar-refractivity contribution < 1.29 is 14.3 Å². The van der Waals surface area contributed by atoms with Crippen molar-refractivity contribution in [1.82, 2.24) is 4.90 Å². The third-order valence-corrected chi connectivity index (χ3v) is 4.85. The first-order valence-electron chi connectivity index (χ1n) is 8.62. The largest absolute Gasteiger partial charge is 0.497 e. The average Bonchev–Trinajstić information content (AvgIpc) is 3.46. The Kier molecular flexibility index (Phi) is 4.98. The van der Waals surface area contributed by atoms with E-state index in [0.29, 0.717) is 12.6 Å². The minimum Gasteiger partial charge on any atom is -0.497 e. The normalized spacial score (nSPS) is 13.4. The summed E-state index contributed by atoms with van der Waals surface area (Å²) in [6, 6.07) is 12.0. The standard InChI is InChI=1S/C21H25NO3/c1-14-6-5-7-20(15(14)2)21(23)22(17-8-9-17)13-16-10-18(24-3)12-19(11-16)25-4/h5-7,10-12,17H,8-9,13H2,1-4H3. The van der Waals surface area contributed by atoms with Crippen molar-refractivity contribution in [2.24, 2.45) is 0 Å². The van der Waals surface area contributed by atoms with Gasteiger partial charge in [-0.05, 0) is 61.6 Å². The van der Waals surface area contributed by atoms with Gasteiger partial charge in [-0.3, -0.25) is 4.79 Å². The average molecular weight is 339 g/mol. The van der Waals surface area contributed by atoms with E-state index in [0.717, 1.165) is 46.6 Å². The molecule has 1 amide bonds. The van der Waals surface area contributed by atoms with E-state index in [1.165, 1.54) is 0 Å². The van der Waals surface area contributed by atoms with Crippen LogP contribution in [-0.2, 0) is 6.54 Å². The fraction of sp³-hybridized carbons (Fsp3) is 0.381. The summed E-state index contributed by atoms with van der Waals surface area (Å²) in [5.41, 5.74) is 4.01. The molecule has 1 aliphatic carbocycles. The van der Waals surface area contributed by atoms with Gasteiger partial charge in [0.2, 0.25) is 0 Å². The molecular formula is C21H25NO3. The van der Waals surface area contributed by atoms with Crippen molar-refractivity contribution in [3.63, 3.8) is 0 Å². The Hall–Kier alpha value is -2.49. The number of rotatable bonds is 6. The van der Waals surface area contributed by atoms with Gasteiger partial charge in [0.25, 0.3) is 5.91 Å². The summed E-state index contributed by atoms with van der Waals surface area (Å²) in [5, 5.41) is 0. The lowest BCUT2D eigenvalue weighted by Crippen LogP contribution is -2.33. The second kappa shape index (κ2) is 7.18. The monoisotopic (exact) mass is 339 g/mol. The van der Waals surface area contributed by atoms with Gasteiger partial charge in [0.1, 0.15) is 11.5 Å². The zero-order valence-corrected chi connectivity index (χ0v) is 15.3. The summed E-state index contributed by atoms with van der Waals surface area (Å²) < 4.78 is 10.7. The van der Waals surface area contributed by atoms with Crippen molar-refractivity contribution in [3.05, 3.63) is 58.7 Å². The first kappa shape index (κ1) is 17.3. The molecule has 2 aromatic carbocycles. The summed E-state index contributed by atoms with van der Waals surface area (Å²) in [7, 11) is 3.27. The van der Waals surface area contributed by atoms with Crippen LogP contribution in [0.15, 0.2) is 36.4 Å². The minimum absolute atomic E-state index is 0.102. The second-order valence-corrected chi connectivity index (χ2v) is 6.63.